The highest BCUT2D eigenvalue weighted by Gasteiger charge is 2.17. The zero-order valence-corrected chi connectivity index (χ0v) is 10.2. The fraction of sp³-hybridized carbons (Fsp3) is 0.462. The summed E-state index contributed by atoms with van der Waals surface area (Å²) in [6.07, 6.45) is 1.38. The molecular weight excluding hydrogens is 218 g/mol. The van der Waals surface area contributed by atoms with Gasteiger partial charge < -0.3 is 19.6 Å². The van der Waals surface area contributed by atoms with Crippen LogP contribution in [0.4, 0.5) is 0 Å². The Morgan fingerprint density at radius 1 is 1.41 bits per heavy atom. The zero-order valence-electron chi connectivity index (χ0n) is 10.2. The van der Waals surface area contributed by atoms with Crippen LogP contribution in [0.15, 0.2) is 18.2 Å². The highest BCUT2D eigenvalue weighted by Crippen LogP contribution is 2.34. The first kappa shape index (κ1) is 11.9. The predicted octanol–water partition coefficient (Wildman–Crippen LogP) is 2.04. The van der Waals surface area contributed by atoms with Gasteiger partial charge in [-0.2, -0.15) is 0 Å². The molecule has 2 rings (SSSR count). The van der Waals surface area contributed by atoms with Crippen molar-refractivity contribution in [1.29, 1.82) is 0 Å². The molecule has 92 valence electrons. The van der Waals surface area contributed by atoms with Crippen molar-refractivity contribution in [2.24, 2.45) is 0 Å². The third-order valence-electron chi connectivity index (χ3n) is 2.93. The standard InChI is InChI=1S/C13H17NO3/c1-9(15)3-5-11(14-2)10-4-6-12-13(7-10)17-8-16-12/h4,6-7,11,14H,3,5,8H2,1-2H3. The normalized spacial score (nSPS) is 14.7. The van der Waals surface area contributed by atoms with Crippen LogP contribution in [-0.2, 0) is 4.79 Å². The number of Topliss-reactive ketones (excluding diaryl/α,β-unsaturated/α-hetero) is 1. The monoisotopic (exact) mass is 235 g/mol. The van der Waals surface area contributed by atoms with E-state index in [9.17, 15) is 4.79 Å². The molecule has 1 heterocycles. The number of ketones is 1. The Balaban J connectivity index is 2.11. The van der Waals surface area contributed by atoms with Gasteiger partial charge in [0.1, 0.15) is 5.78 Å². The minimum absolute atomic E-state index is 0.174. The topological polar surface area (TPSA) is 47.6 Å². The molecule has 0 spiro atoms. The van der Waals surface area contributed by atoms with E-state index in [1.165, 1.54) is 0 Å². The van der Waals surface area contributed by atoms with E-state index in [2.05, 4.69) is 5.32 Å². The van der Waals surface area contributed by atoms with Crippen molar-refractivity contribution in [2.45, 2.75) is 25.8 Å². The lowest BCUT2D eigenvalue weighted by molar-refractivity contribution is -0.117. The maximum Gasteiger partial charge on any atom is 0.231 e. The van der Waals surface area contributed by atoms with Gasteiger partial charge in [-0.3, -0.25) is 0 Å². The largest absolute Gasteiger partial charge is 0.454 e. The molecule has 4 nitrogen and oxygen atoms in total. The molecule has 4 heteroatoms. The molecular formula is C13H17NO3. The van der Waals surface area contributed by atoms with Crippen LogP contribution in [-0.4, -0.2) is 19.6 Å². The van der Waals surface area contributed by atoms with Crippen molar-refractivity contribution in [1.82, 2.24) is 5.32 Å². The number of hydrogen-bond donors (Lipinski definition) is 1. The number of carbonyl (C=O) groups is 1. The SMILES string of the molecule is CNC(CCC(C)=O)c1ccc2c(c1)OCO2. The summed E-state index contributed by atoms with van der Waals surface area (Å²) < 4.78 is 10.6. The third kappa shape index (κ3) is 2.77. The van der Waals surface area contributed by atoms with Crippen LogP contribution in [0, 0.1) is 0 Å². The van der Waals surface area contributed by atoms with Gasteiger partial charge in [0.25, 0.3) is 0 Å². The molecule has 0 aliphatic carbocycles. The molecule has 0 radical (unpaired) electrons. The number of fused-ring (bicyclic) bond motifs is 1. The number of nitrogens with one attached hydrogen (secondary N) is 1. The average Bonchev–Trinajstić information content (AvgIpc) is 2.76. The van der Waals surface area contributed by atoms with E-state index >= 15 is 0 Å². The van der Waals surface area contributed by atoms with Crippen molar-refractivity contribution >= 4 is 5.78 Å². The van der Waals surface area contributed by atoms with Crippen molar-refractivity contribution < 1.29 is 14.3 Å². The summed E-state index contributed by atoms with van der Waals surface area (Å²) >= 11 is 0. The second kappa shape index (κ2) is 5.19. The van der Waals surface area contributed by atoms with Crippen LogP contribution in [0.25, 0.3) is 0 Å². The van der Waals surface area contributed by atoms with Gasteiger partial charge in [0.05, 0.1) is 0 Å². The van der Waals surface area contributed by atoms with E-state index in [1.54, 1.807) is 6.92 Å². The molecule has 1 atom stereocenters. The fourth-order valence-corrected chi connectivity index (χ4v) is 1.96. The van der Waals surface area contributed by atoms with Crippen LogP contribution in [0.1, 0.15) is 31.4 Å². The molecule has 1 aromatic carbocycles. The number of hydrogen-bond acceptors (Lipinski definition) is 4. The van der Waals surface area contributed by atoms with Crippen LogP contribution in [0.3, 0.4) is 0 Å². The van der Waals surface area contributed by atoms with Gasteiger partial charge in [0.15, 0.2) is 11.5 Å². The summed E-state index contributed by atoms with van der Waals surface area (Å²) in [7, 11) is 1.90. The molecule has 0 bridgehead atoms. The third-order valence-corrected chi connectivity index (χ3v) is 2.93. The highest BCUT2D eigenvalue weighted by molar-refractivity contribution is 5.75. The minimum Gasteiger partial charge on any atom is -0.454 e. The van der Waals surface area contributed by atoms with Crippen LogP contribution in [0.2, 0.25) is 0 Å². The van der Waals surface area contributed by atoms with Gasteiger partial charge in [0.2, 0.25) is 6.79 Å². The second-order valence-electron chi connectivity index (χ2n) is 4.19. The maximum absolute atomic E-state index is 11.0. The molecule has 0 fully saturated rings. The predicted molar refractivity (Wildman–Crippen MR) is 64.3 cm³/mol. The van der Waals surface area contributed by atoms with Crippen molar-refractivity contribution in [2.75, 3.05) is 13.8 Å². The van der Waals surface area contributed by atoms with Crippen LogP contribution in [0.5, 0.6) is 11.5 Å². The van der Waals surface area contributed by atoms with Gasteiger partial charge in [-0.05, 0) is 38.1 Å². The molecule has 0 saturated heterocycles. The Morgan fingerprint density at radius 3 is 2.88 bits per heavy atom. The highest BCUT2D eigenvalue weighted by atomic mass is 16.7. The lowest BCUT2D eigenvalue weighted by Crippen LogP contribution is -2.17. The molecule has 17 heavy (non-hydrogen) atoms. The summed E-state index contributed by atoms with van der Waals surface area (Å²) in [5.74, 6) is 1.78. The van der Waals surface area contributed by atoms with E-state index in [0.717, 1.165) is 23.5 Å². The summed E-state index contributed by atoms with van der Waals surface area (Å²) in [4.78, 5) is 11.0. The zero-order chi connectivity index (χ0) is 12.3. The second-order valence-corrected chi connectivity index (χ2v) is 4.19. The van der Waals surface area contributed by atoms with E-state index < -0.39 is 0 Å². The molecule has 1 unspecified atom stereocenters. The smallest absolute Gasteiger partial charge is 0.231 e. The first-order valence-corrected chi connectivity index (χ1v) is 5.77. The number of benzene rings is 1. The van der Waals surface area contributed by atoms with E-state index in [0.29, 0.717) is 6.42 Å². The lowest BCUT2D eigenvalue weighted by Gasteiger charge is -2.16. The number of carbonyl (C=O) groups excluding carboxylic acids is 1. The number of ether oxygens (including phenoxy) is 2. The first-order valence-electron chi connectivity index (χ1n) is 5.77. The summed E-state index contributed by atoms with van der Waals surface area (Å²) in [6, 6.07) is 6.07. The molecule has 0 saturated carbocycles. The van der Waals surface area contributed by atoms with Crippen molar-refractivity contribution in [3.05, 3.63) is 23.8 Å². The Hall–Kier alpha value is -1.55. The summed E-state index contributed by atoms with van der Waals surface area (Å²) in [6.45, 7) is 1.91. The molecule has 1 aliphatic rings. The van der Waals surface area contributed by atoms with Crippen molar-refractivity contribution in [3.63, 3.8) is 0 Å². The van der Waals surface area contributed by atoms with E-state index in [-0.39, 0.29) is 18.6 Å². The van der Waals surface area contributed by atoms with Gasteiger partial charge in [-0.1, -0.05) is 6.07 Å². The Bertz CT molecular complexity index is 417. The van der Waals surface area contributed by atoms with E-state index in [1.807, 2.05) is 25.2 Å². The molecule has 1 aromatic rings. The van der Waals surface area contributed by atoms with Gasteiger partial charge in [-0.15, -0.1) is 0 Å². The average molecular weight is 235 g/mol. The molecule has 1 N–H and O–H groups in total. The Labute approximate surface area is 101 Å². The van der Waals surface area contributed by atoms with Crippen LogP contribution >= 0.6 is 0 Å². The van der Waals surface area contributed by atoms with Gasteiger partial charge in [0, 0.05) is 12.5 Å². The summed E-state index contributed by atoms with van der Waals surface area (Å²) in [5.41, 5.74) is 1.12. The quantitative estimate of drug-likeness (QED) is 0.848. The molecule has 1 aliphatic heterocycles. The summed E-state index contributed by atoms with van der Waals surface area (Å²) in [5, 5.41) is 3.22. The Morgan fingerprint density at radius 2 is 2.18 bits per heavy atom. The van der Waals surface area contributed by atoms with Crippen LogP contribution < -0.4 is 14.8 Å². The fourth-order valence-electron chi connectivity index (χ4n) is 1.96. The molecule has 0 amide bonds. The van der Waals surface area contributed by atoms with Gasteiger partial charge in [-0.25, -0.2) is 0 Å². The Kier molecular flexibility index (Phi) is 3.64. The lowest BCUT2D eigenvalue weighted by atomic mass is 10.0. The first-order chi connectivity index (χ1) is 8.20. The van der Waals surface area contributed by atoms with Gasteiger partial charge >= 0.3 is 0 Å². The number of rotatable bonds is 5. The maximum atomic E-state index is 11.0. The van der Waals surface area contributed by atoms with E-state index in [4.69, 9.17) is 9.47 Å². The van der Waals surface area contributed by atoms with Crippen molar-refractivity contribution in [3.8, 4) is 11.5 Å². The molecule has 0 aromatic heterocycles. The minimum atomic E-state index is 0.174.